The first-order valence-electron chi connectivity index (χ1n) is 9.06. The van der Waals surface area contributed by atoms with Gasteiger partial charge < -0.3 is 9.42 Å². The van der Waals surface area contributed by atoms with Crippen molar-refractivity contribution in [1.29, 1.82) is 0 Å². The molecule has 2 aliphatic heterocycles. The van der Waals surface area contributed by atoms with Gasteiger partial charge in [0.25, 0.3) is 0 Å². The average Bonchev–Trinajstić information content (AvgIpc) is 3.13. The van der Waals surface area contributed by atoms with Gasteiger partial charge in [-0.2, -0.15) is 4.98 Å². The highest BCUT2D eigenvalue weighted by Crippen LogP contribution is 2.30. The second kappa shape index (κ2) is 6.89. The molecule has 2 aromatic rings. The Kier molecular flexibility index (Phi) is 4.47. The van der Waals surface area contributed by atoms with Crippen LogP contribution in [0.15, 0.2) is 22.9 Å². The van der Waals surface area contributed by atoms with Crippen LogP contribution in [0, 0.1) is 0 Å². The van der Waals surface area contributed by atoms with Crippen LogP contribution in [0.2, 0.25) is 0 Å². The van der Waals surface area contributed by atoms with E-state index in [2.05, 4.69) is 44.1 Å². The molecule has 4 heterocycles. The second-order valence-corrected chi connectivity index (χ2v) is 6.90. The van der Waals surface area contributed by atoms with E-state index in [1.54, 1.807) is 0 Å². The van der Waals surface area contributed by atoms with Crippen LogP contribution in [0.3, 0.4) is 0 Å². The highest BCUT2D eigenvalue weighted by atomic mass is 16.5. The lowest BCUT2D eigenvalue weighted by molar-refractivity contribution is 0.150. The maximum atomic E-state index is 5.53. The zero-order chi connectivity index (χ0) is 16.4. The smallest absolute Gasteiger partial charge is 0.244 e. The summed E-state index contributed by atoms with van der Waals surface area (Å²) in [6, 6.07) is 4.38. The van der Waals surface area contributed by atoms with E-state index in [-0.39, 0.29) is 6.04 Å². The van der Waals surface area contributed by atoms with Gasteiger partial charge in [-0.3, -0.25) is 4.90 Å². The Bertz CT molecular complexity index is 662. The molecule has 4 rings (SSSR count). The number of pyridine rings is 1. The zero-order valence-electron chi connectivity index (χ0n) is 14.3. The molecule has 2 aromatic heterocycles. The molecule has 2 aliphatic rings. The Morgan fingerprint density at radius 2 is 1.88 bits per heavy atom. The third-order valence-electron chi connectivity index (χ3n) is 5.18. The molecule has 6 heteroatoms. The molecule has 24 heavy (non-hydrogen) atoms. The predicted molar refractivity (Wildman–Crippen MR) is 92.8 cm³/mol. The Labute approximate surface area is 142 Å². The largest absolute Gasteiger partial charge is 0.357 e. The molecule has 0 saturated carbocycles. The fourth-order valence-corrected chi connectivity index (χ4v) is 3.70. The Hall–Kier alpha value is -1.95. The van der Waals surface area contributed by atoms with Crippen molar-refractivity contribution in [3.8, 4) is 11.4 Å². The molecular formula is C18H25N5O. The quantitative estimate of drug-likeness (QED) is 0.862. The van der Waals surface area contributed by atoms with Gasteiger partial charge in [-0.15, -0.1) is 0 Å². The van der Waals surface area contributed by atoms with Crippen molar-refractivity contribution in [1.82, 2.24) is 20.0 Å². The summed E-state index contributed by atoms with van der Waals surface area (Å²) in [6.45, 7) is 3.30. The highest BCUT2D eigenvalue weighted by Gasteiger charge is 2.26. The van der Waals surface area contributed by atoms with E-state index >= 15 is 0 Å². The standard InChI is InChI=1S/C18H25N5O/c1-22-10-6-3-7-15(22)18-20-17(21-24-18)14-8-9-16(19-13-14)23-11-4-2-5-12-23/h8-9,13,15H,2-7,10-12H2,1H3/t15-/m0/s1. The Morgan fingerprint density at radius 1 is 1.04 bits per heavy atom. The van der Waals surface area contributed by atoms with Gasteiger partial charge in [-0.25, -0.2) is 4.98 Å². The van der Waals surface area contributed by atoms with Crippen LogP contribution in [-0.4, -0.2) is 46.7 Å². The van der Waals surface area contributed by atoms with Crippen LogP contribution in [0.1, 0.15) is 50.5 Å². The van der Waals surface area contributed by atoms with Crippen molar-refractivity contribution in [2.24, 2.45) is 0 Å². The summed E-state index contributed by atoms with van der Waals surface area (Å²) in [5.74, 6) is 2.42. The number of rotatable bonds is 3. The lowest BCUT2D eigenvalue weighted by Gasteiger charge is -2.29. The normalized spacial score (nSPS) is 22.7. The van der Waals surface area contributed by atoms with Crippen molar-refractivity contribution in [2.45, 2.75) is 44.6 Å². The van der Waals surface area contributed by atoms with Crippen molar-refractivity contribution in [3.05, 3.63) is 24.2 Å². The third-order valence-corrected chi connectivity index (χ3v) is 5.18. The van der Waals surface area contributed by atoms with Crippen molar-refractivity contribution >= 4 is 5.82 Å². The van der Waals surface area contributed by atoms with Gasteiger partial charge in [0, 0.05) is 24.8 Å². The lowest BCUT2D eigenvalue weighted by Crippen LogP contribution is -2.30. The molecule has 2 fully saturated rings. The summed E-state index contributed by atoms with van der Waals surface area (Å²) < 4.78 is 5.53. The molecule has 0 unspecified atom stereocenters. The number of piperidine rings is 2. The van der Waals surface area contributed by atoms with Gasteiger partial charge >= 0.3 is 0 Å². The molecule has 0 bridgehead atoms. The summed E-state index contributed by atoms with van der Waals surface area (Å²) in [4.78, 5) is 13.9. The van der Waals surface area contributed by atoms with Gasteiger partial charge in [0.15, 0.2) is 0 Å². The number of aromatic nitrogens is 3. The van der Waals surface area contributed by atoms with E-state index < -0.39 is 0 Å². The van der Waals surface area contributed by atoms with Crippen LogP contribution in [0.5, 0.6) is 0 Å². The monoisotopic (exact) mass is 327 g/mol. The van der Waals surface area contributed by atoms with Crippen molar-refractivity contribution in [3.63, 3.8) is 0 Å². The number of anilines is 1. The highest BCUT2D eigenvalue weighted by molar-refractivity contribution is 5.56. The summed E-state index contributed by atoms with van der Waals surface area (Å²) >= 11 is 0. The number of nitrogens with zero attached hydrogens (tertiary/aromatic N) is 5. The first kappa shape index (κ1) is 15.6. The third kappa shape index (κ3) is 3.15. The van der Waals surface area contributed by atoms with Crippen molar-refractivity contribution < 1.29 is 4.52 Å². The summed E-state index contributed by atoms with van der Waals surface area (Å²) in [5.41, 5.74) is 0.921. The lowest BCUT2D eigenvalue weighted by atomic mass is 10.0. The molecule has 0 spiro atoms. The molecule has 0 aromatic carbocycles. The molecule has 0 radical (unpaired) electrons. The molecule has 6 nitrogen and oxygen atoms in total. The van der Waals surface area contributed by atoms with E-state index in [0.29, 0.717) is 5.82 Å². The minimum atomic E-state index is 0.251. The van der Waals surface area contributed by atoms with E-state index in [0.717, 1.165) is 43.3 Å². The molecule has 0 N–H and O–H groups in total. The van der Waals surface area contributed by atoms with Gasteiger partial charge in [0.1, 0.15) is 5.82 Å². The second-order valence-electron chi connectivity index (χ2n) is 6.90. The van der Waals surface area contributed by atoms with E-state index in [9.17, 15) is 0 Å². The summed E-state index contributed by atoms with van der Waals surface area (Å²) in [7, 11) is 2.13. The maximum absolute atomic E-state index is 5.53. The number of hydrogen-bond donors (Lipinski definition) is 0. The van der Waals surface area contributed by atoms with Crippen LogP contribution >= 0.6 is 0 Å². The van der Waals surface area contributed by atoms with Gasteiger partial charge in [-0.05, 0) is 57.8 Å². The van der Waals surface area contributed by atoms with E-state index in [1.807, 2.05) is 6.20 Å². The van der Waals surface area contributed by atoms with Crippen LogP contribution < -0.4 is 4.90 Å². The van der Waals surface area contributed by atoms with Gasteiger partial charge in [0.05, 0.1) is 6.04 Å². The number of hydrogen-bond acceptors (Lipinski definition) is 6. The fraction of sp³-hybridized carbons (Fsp3) is 0.611. The van der Waals surface area contributed by atoms with Crippen molar-refractivity contribution in [2.75, 3.05) is 31.6 Å². The first-order valence-corrected chi connectivity index (χ1v) is 9.06. The van der Waals surface area contributed by atoms with Crippen LogP contribution in [0.25, 0.3) is 11.4 Å². The van der Waals surface area contributed by atoms with Crippen LogP contribution in [-0.2, 0) is 0 Å². The van der Waals surface area contributed by atoms with Gasteiger partial charge in [-0.1, -0.05) is 11.6 Å². The predicted octanol–water partition coefficient (Wildman–Crippen LogP) is 3.28. The topological polar surface area (TPSA) is 58.3 Å². The zero-order valence-corrected chi connectivity index (χ0v) is 14.3. The molecular weight excluding hydrogens is 302 g/mol. The minimum absolute atomic E-state index is 0.251. The molecule has 0 aliphatic carbocycles. The summed E-state index contributed by atoms with van der Waals surface area (Å²) in [5, 5.41) is 4.17. The van der Waals surface area contributed by atoms with E-state index in [1.165, 1.54) is 32.1 Å². The molecule has 1 atom stereocenters. The Balaban J connectivity index is 1.49. The fourth-order valence-electron chi connectivity index (χ4n) is 3.70. The average molecular weight is 327 g/mol. The molecule has 128 valence electrons. The maximum Gasteiger partial charge on any atom is 0.244 e. The summed E-state index contributed by atoms with van der Waals surface area (Å²) in [6.07, 6.45) is 9.26. The van der Waals surface area contributed by atoms with Crippen LogP contribution in [0.4, 0.5) is 5.82 Å². The minimum Gasteiger partial charge on any atom is -0.357 e. The van der Waals surface area contributed by atoms with Gasteiger partial charge in [0.2, 0.25) is 11.7 Å². The number of likely N-dealkylation sites (tertiary alicyclic amines) is 1. The SMILES string of the molecule is CN1CCCC[C@H]1c1nc(-c2ccc(N3CCCCC3)nc2)no1. The molecule has 0 amide bonds. The Morgan fingerprint density at radius 3 is 2.62 bits per heavy atom. The first-order chi connectivity index (χ1) is 11.8. The molecule has 2 saturated heterocycles. The van der Waals surface area contributed by atoms with E-state index in [4.69, 9.17) is 4.52 Å².